The largest absolute Gasteiger partial charge is 0.281 e. The first kappa shape index (κ1) is 15.4. The number of para-hydroxylation sites is 1. The van der Waals surface area contributed by atoms with Crippen LogP contribution in [0.1, 0.15) is 5.82 Å². The maximum Gasteiger partial charge on any atom is 0.262 e. The molecule has 0 amide bonds. The van der Waals surface area contributed by atoms with E-state index in [2.05, 4.69) is 15.2 Å². The van der Waals surface area contributed by atoms with Crippen LogP contribution in [-0.4, -0.2) is 24.1 Å². The molecule has 0 aliphatic heterocycles. The van der Waals surface area contributed by atoms with E-state index in [1.165, 1.54) is 16.3 Å². The Balaban J connectivity index is 1.74. The van der Waals surface area contributed by atoms with Gasteiger partial charge in [0.2, 0.25) is 0 Å². The number of aromatic nitrogens is 5. The minimum absolute atomic E-state index is 0.0346. The zero-order chi connectivity index (χ0) is 17.2. The molecule has 0 N–H and O–H groups in total. The van der Waals surface area contributed by atoms with Gasteiger partial charge in [-0.1, -0.05) is 30.0 Å². The van der Waals surface area contributed by atoms with E-state index in [1.54, 1.807) is 18.2 Å². The van der Waals surface area contributed by atoms with E-state index < -0.39 is 0 Å². The molecule has 0 atom stereocenters. The molecule has 3 aromatic heterocycles. The third-order valence-electron chi connectivity index (χ3n) is 3.78. The van der Waals surface area contributed by atoms with Crippen molar-refractivity contribution >= 4 is 28.3 Å². The normalized spacial score (nSPS) is 11.0. The molecule has 0 aliphatic carbocycles. The molecule has 25 heavy (non-hydrogen) atoms. The van der Waals surface area contributed by atoms with E-state index in [9.17, 15) is 4.79 Å². The Morgan fingerprint density at radius 2 is 1.96 bits per heavy atom. The molecule has 0 unspecified atom stereocenters. The molecule has 0 fully saturated rings. The van der Waals surface area contributed by atoms with Gasteiger partial charge in [-0.05, 0) is 24.3 Å². The summed E-state index contributed by atoms with van der Waals surface area (Å²) in [5.74, 6) is 0.959. The van der Waals surface area contributed by atoms with Crippen molar-refractivity contribution in [3.63, 3.8) is 0 Å². The Morgan fingerprint density at radius 1 is 1.12 bits per heavy atom. The summed E-state index contributed by atoms with van der Waals surface area (Å²) in [5.41, 5.74) is 1.18. The van der Waals surface area contributed by atoms with Gasteiger partial charge in [0, 0.05) is 6.20 Å². The second kappa shape index (κ2) is 6.37. The van der Waals surface area contributed by atoms with Crippen molar-refractivity contribution in [3.8, 4) is 6.07 Å². The minimum atomic E-state index is -0.200. The zero-order valence-corrected chi connectivity index (χ0v) is 13.8. The fraction of sp³-hybridized carbons (Fsp3) is 0.118. The van der Waals surface area contributed by atoms with Crippen molar-refractivity contribution in [2.24, 2.45) is 0 Å². The maximum absolute atomic E-state index is 12.6. The summed E-state index contributed by atoms with van der Waals surface area (Å²) in [5, 5.41) is 18.6. The summed E-state index contributed by atoms with van der Waals surface area (Å²) < 4.78 is 3.29. The summed E-state index contributed by atoms with van der Waals surface area (Å²) >= 11 is 1.42. The van der Waals surface area contributed by atoms with Crippen molar-refractivity contribution in [1.29, 1.82) is 5.26 Å². The van der Waals surface area contributed by atoms with E-state index in [1.807, 2.05) is 40.9 Å². The number of hydrogen-bond donors (Lipinski definition) is 0. The number of thioether (sulfide) groups is 1. The third-order valence-corrected chi connectivity index (χ3v) is 4.72. The fourth-order valence-corrected chi connectivity index (χ4v) is 3.48. The lowest BCUT2D eigenvalue weighted by molar-refractivity contribution is 0.729. The lowest BCUT2D eigenvalue weighted by Gasteiger charge is -2.10. The molecule has 122 valence electrons. The van der Waals surface area contributed by atoms with Crippen LogP contribution < -0.4 is 5.56 Å². The van der Waals surface area contributed by atoms with Gasteiger partial charge in [0.15, 0.2) is 10.8 Å². The Hall–Kier alpha value is -3.18. The topological polar surface area (TPSA) is 88.9 Å². The van der Waals surface area contributed by atoms with Crippen molar-refractivity contribution in [2.75, 3.05) is 0 Å². The molecule has 0 spiro atoms. The van der Waals surface area contributed by atoms with Gasteiger partial charge < -0.3 is 0 Å². The highest BCUT2D eigenvalue weighted by molar-refractivity contribution is 7.98. The molecule has 0 bridgehead atoms. The zero-order valence-electron chi connectivity index (χ0n) is 13.0. The number of hydrogen-bond acceptors (Lipinski definition) is 6. The predicted octanol–water partition coefficient (Wildman–Crippen LogP) is 2.26. The van der Waals surface area contributed by atoms with E-state index in [0.717, 1.165) is 5.65 Å². The smallest absolute Gasteiger partial charge is 0.262 e. The second-order valence-corrected chi connectivity index (χ2v) is 6.24. The highest BCUT2D eigenvalue weighted by Gasteiger charge is 2.13. The second-order valence-electron chi connectivity index (χ2n) is 5.29. The molecular weight excluding hydrogens is 336 g/mol. The van der Waals surface area contributed by atoms with Crippen LogP contribution in [0.5, 0.6) is 0 Å². The van der Waals surface area contributed by atoms with Crippen LogP contribution in [0.3, 0.4) is 0 Å². The van der Waals surface area contributed by atoms with E-state index in [-0.39, 0.29) is 12.1 Å². The molecule has 8 heteroatoms. The number of rotatable bonds is 4. The maximum atomic E-state index is 12.6. The number of benzene rings is 1. The fourth-order valence-electron chi connectivity index (χ4n) is 2.60. The van der Waals surface area contributed by atoms with Gasteiger partial charge in [-0.25, -0.2) is 4.98 Å². The Labute approximate surface area is 146 Å². The summed E-state index contributed by atoms with van der Waals surface area (Å²) in [6.07, 6.45) is 1.88. The molecule has 0 saturated carbocycles. The number of nitrogens with zero attached hydrogens (tertiary/aromatic N) is 6. The number of pyridine rings is 1. The Bertz CT molecular complexity index is 1170. The van der Waals surface area contributed by atoms with Crippen LogP contribution in [0.4, 0.5) is 0 Å². The molecule has 0 radical (unpaired) electrons. The lowest BCUT2D eigenvalue weighted by Crippen LogP contribution is -2.24. The van der Waals surface area contributed by atoms with Crippen molar-refractivity contribution in [1.82, 2.24) is 24.1 Å². The van der Waals surface area contributed by atoms with Crippen molar-refractivity contribution in [3.05, 3.63) is 64.8 Å². The Morgan fingerprint density at radius 3 is 2.84 bits per heavy atom. The monoisotopic (exact) mass is 348 g/mol. The SMILES string of the molecule is N#CCn1c(CSc2nnc3ccccn23)nc2ccccc2c1=O. The van der Waals surface area contributed by atoms with E-state index in [0.29, 0.717) is 27.6 Å². The molecule has 4 rings (SSSR count). The van der Waals surface area contributed by atoms with Crippen LogP contribution >= 0.6 is 11.8 Å². The number of fused-ring (bicyclic) bond motifs is 2. The van der Waals surface area contributed by atoms with Crippen LogP contribution in [0.15, 0.2) is 58.6 Å². The van der Waals surface area contributed by atoms with Gasteiger partial charge in [-0.3, -0.25) is 13.8 Å². The van der Waals surface area contributed by atoms with E-state index >= 15 is 0 Å². The third kappa shape index (κ3) is 2.75. The first-order chi connectivity index (χ1) is 12.3. The van der Waals surface area contributed by atoms with Crippen LogP contribution in [0.2, 0.25) is 0 Å². The quantitative estimate of drug-likeness (QED) is 0.526. The average molecular weight is 348 g/mol. The lowest BCUT2D eigenvalue weighted by atomic mass is 10.2. The summed E-state index contributed by atoms with van der Waals surface area (Å²) in [6.45, 7) is -0.0346. The van der Waals surface area contributed by atoms with Gasteiger partial charge in [-0.15, -0.1) is 10.2 Å². The summed E-state index contributed by atoms with van der Waals surface area (Å²) in [4.78, 5) is 17.2. The Kier molecular flexibility index (Phi) is 3.91. The molecule has 7 nitrogen and oxygen atoms in total. The average Bonchev–Trinajstić information content (AvgIpc) is 3.06. The van der Waals surface area contributed by atoms with Crippen molar-refractivity contribution in [2.45, 2.75) is 17.5 Å². The van der Waals surface area contributed by atoms with Gasteiger partial charge in [0.05, 0.1) is 22.7 Å². The van der Waals surface area contributed by atoms with Gasteiger partial charge in [0.25, 0.3) is 5.56 Å². The van der Waals surface area contributed by atoms with Crippen LogP contribution in [-0.2, 0) is 12.3 Å². The minimum Gasteiger partial charge on any atom is -0.281 e. The number of nitriles is 1. The molecule has 0 aliphatic rings. The first-order valence-electron chi connectivity index (χ1n) is 7.56. The predicted molar refractivity (Wildman–Crippen MR) is 94.2 cm³/mol. The molecule has 4 aromatic rings. The molecule has 3 heterocycles. The van der Waals surface area contributed by atoms with Gasteiger partial charge in [-0.2, -0.15) is 5.26 Å². The molecule has 1 aromatic carbocycles. The first-order valence-corrected chi connectivity index (χ1v) is 8.54. The summed E-state index contributed by atoms with van der Waals surface area (Å²) in [7, 11) is 0. The van der Waals surface area contributed by atoms with Gasteiger partial charge >= 0.3 is 0 Å². The van der Waals surface area contributed by atoms with Gasteiger partial charge in [0.1, 0.15) is 12.4 Å². The molecular formula is C17H12N6OS. The molecule has 0 saturated heterocycles. The van der Waals surface area contributed by atoms with Crippen molar-refractivity contribution < 1.29 is 0 Å². The van der Waals surface area contributed by atoms with Crippen LogP contribution in [0.25, 0.3) is 16.6 Å². The standard InChI is InChI=1S/C17H12N6OS/c18-8-10-22-15(19-13-6-2-1-5-12(13)16(22)24)11-25-17-21-20-14-7-3-4-9-23(14)17/h1-7,9H,10-11H2. The van der Waals surface area contributed by atoms with Crippen LogP contribution in [0, 0.1) is 11.3 Å². The highest BCUT2D eigenvalue weighted by Crippen LogP contribution is 2.21. The van der Waals surface area contributed by atoms with E-state index in [4.69, 9.17) is 5.26 Å². The summed E-state index contributed by atoms with van der Waals surface area (Å²) in [6, 6.07) is 14.9. The highest BCUT2D eigenvalue weighted by atomic mass is 32.2.